The number of nitrogens with zero attached hydrogens (tertiary/aromatic N) is 2. The van der Waals surface area contributed by atoms with Crippen LogP contribution in [0.1, 0.15) is 33.4 Å². The van der Waals surface area contributed by atoms with Crippen LogP contribution >= 0.6 is 0 Å². The lowest BCUT2D eigenvalue weighted by atomic mass is 9.81. The first-order valence-electron chi connectivity index (χ1n) is 27.1. The molecule has 0 unspecified atom stereocenters. The van der Waals surface area contributed by atoms with Gasteiger partial charge in [-0.25, -0.2) is 0 Å². The van der Waals surface area contributed by atoms with Gasteiger partial charge in [0, 0.05) is 33.5 Å². The van der Waals surface area contributed by atoms with Crippen LogP contribution in [-0.2, 0) is 0 Å². The third-order valence-corrected chi connectivity index (χ3v) is 16.2. The Labute approximate surface area is 454 Å². The summed E-state index contributed by atoms with van der Waals surface area (Å²) in [6.45, 7) is 4.26. The fraction of sp³-hybridized carbons (Fsp3) is 0.0263. The highest BCUT2D eigenvalue weighted by atomic mass is 15.1. The summed E-state index contributed by atoms with van der Waals surface area (Å²) in [4.78, 5) is 4.85. The number of rotatable bonds is 10. The molecule has 2 heteroatoms. The standard InChI is InChI=1S/C76H52N2/c1-49-25-29-51(30-26-49)33-35-53-37-41-57(42-38-53)77(55-13-5-3-6-14-55)69-47-45-61-59-17-9-24-68-73(59)75(65-21-11-19-63(69)71(61)65)67-23-10-18-60-62-46-48-70(64-20-12-22-66(72(62)64)76(68)74(60)67)78(56-15-7-4-8-16-56)58-43-39-54(40-44-58)36-34-52-31-27-50(2)28-32-52/h3-48H,1-2H3/b35-33+,36-34+. The average Bonchev–Trinajstić information content (AvgIpc) is 3.66. The quantitative estimate of drug-likeness (QED) is 0.0765. The minimum absolute atomic E-state index is 1.11. The summed E-state index contributed by atoms with van der Waals surface area (Å²) >= 11 is 0. The van der Waals surface area contributed by atoms with Gasteiger partial charge in [-0.1, -0.05) is 230 Å². The smallest absolute Gasteiger partial charge is 0.0540 e. The number of fused-ring (bicyclic) bond motifs is 6. The van der Waals surface area contributed by atoms with Crippen molar-refractivity contribution in [2.24, 2.45) is 0 Å². The van der Waals surface area contributed by atoms with Crippen LogP contribution in [0, 0.1) is 13.8 Å². The molecule has 78 heavy (non-hydrogen) atoms. The third-order valence-electron chi connectivity index (χ3n) is 16.2. The number of anilines is 6. The minimum Gasteiger partial charge on any atom is -0.310 e. The Bertz CT molecular complexity index is 4490. The van der Waals surface area contributed by atoms with Gasteiger partial charge in [-0.2, -0.15) is 0 Å². The van der Waals surface area contributed by atoms with Gasteiger partial charge in [0.2, 0.25) is 0 Å². The summed E-state index contributed by atoms with van der Waals surface area (Å²) in [6, 6.07) is 94.3. The molecule has 0 radical (unpaired) electrons. The first kappa shape index (κ1) is 45.4. The van der Waals surface area contributed by atoms with Crippen molar-refractivity contribution in [3.63, 3.8) is 0 Å². The molecule has 0 saturated carbocycles. The summed E-state index contributed by atoms with van der Waals surface area (Å²) in [6.07, 6.45) is 8.78. The van der Waals surface area contributed by atoms with Crippen LogP contribution in [0.5, 0.6) is 0 Å². The summed E-state index contributed by atoms with van der Waals surface area (Å²) in [5.41, 5.74) is 14.0. The van der Waals surface area contributed by atoms with Gasteiger partial charge in [0.25, 0.3) is 0 Å². The summed E-state index contributed by atoms with van der Waals surface area (Å²) in [5, 5.41) is 20.5. The Morgan fingerprint density at radius 1 is 0.205 bits per heavy atom. The molecule has 366 valence electrons. The lowest BCUT2D eigenvalue weighted by Gasteiger charge is -2.29. The zero-order valence-electron chi connectivity index (χ0n) is 43.5. The SMILES string of the molecule is Cc1ccc(/C=C/c2ccc(N(c3ccccc3)c3ccc4c5cccc6c5c(c5cccc3c45)c3cccc4c5ccc(N(c7ccccc7)c7ccc(/C=C/c8ccc(C)cc8)cc7)c7cccc(c75)c6c43)cc2)cc1. The summed E-state index contributed by atoms with van der Waals surface area (Å²) < 4.78 is 0. The Kier molecular flexibility index (Phi) is 10.7. The third kappa shape index (κ3) is 7.40. The van der Waals surface area contributed by atoms with Crippen molar-refractivity contribution in [2.75, 3.05) is 9.80 Å². The number of hydrogen-bond donors (Lipinski definition) is 0. The van der Waals surface area contributed by atoms with Gasteiger partial charge in [0.05, 0.1) is 11.4 Å². The Morgan fingerprint density at radius 2 is 0.474 bits per heavy atom. The van der Waals surface area contributed by atoms with E-state index in [0.717, 1.165) is 45.3 Å². The molecule has 0 aliphatic rings. The largest absolute Gasteiger partial charge is 0.310 e. The van der Waals surface area contributed by atoms with E-state index in [1.165, 1.54) is 108 Å². The first-order chi connectivity index (χ1) is 38.5. The lowest BCUT2D eigenvalue weighted by Crippen LogP contribution is -2.10. The molecule has 15 aromatic rings. The molecular weight excluding hydrogens is 941 g/mol. The second-order valence-corrected chi connectivity index (χ2v) is 20.9. The van der Waals surface area contributed by atoms with Crippen molar-refractivity contribution in [1.29, 1.82) is 0 Å². The summed E-state index contributed by atoms with van der Waals surface area (Å²) in [5.74, 6) is 0. The van der Waals surface area contributed by atoms with E-state index < -0.39 is 0 Å². The van der Waals surface area contributed by atoms with E-state index in [0.29, 0.717) is 0 Å². The number of benzene rings is 15. The maximum Gasteiger partial charge on any atom is 0.0540 e. The predicted octanol–water partition coefficient (Wildman–Crippen LogP) is 21.7. The van der Waals surface area contributed by atoms with Gasteiger partial charge >= 0.3 is 0 Å². The van der Waals surface area contributed by atoms with Crippen LogP contribution in [0.15, 0.2) is 255 Å². The van der Waals surface area contributed by atoms with E-state index in [1.54, 1.807) is 0 Å². The van der Waals surface area contributed by atoms with Gasteiger partial charge in [0.1, 0.15) is 0 Å². The molecule has 0 fully saturated rings. The number of aryl methyl sites for hydroxylation is 2. The Morgan fingerprint density at radius 3 is 0.833 bits per heavy atom. The van der Waals surface area contributed by atoms with Crippen LogP contribution in [0.25, 0.3) is 110 Å². The van der Waals surface area contributed by atoms with Gasteiger partial charge in [0.15, 0.2) is 0 Å². The zero-order valence-corrected chi connectivity index (χ0v) is 43.5. The second kappa shape index (κ2) is 18.4. The average molecular weight is 993 g/mol. The fourth-order valence-electron chi connectivity index (χ4n) is 12.6. The molecule has 0 N–H and O–H groups in total. The minimum atomic E-state index is 1.11. The van der Waals surface area contributed by atoms with Crippen LogP contribution in [-0.4, -0.2) is 0 Å². The molecule has 15 rings (SSSR count). The van der Waals surface area contributed by atoms with Crippen molar-refractivity contribution >= 4 is 145 Å². The molecule has 0 atom stereocenters. The molecule has 0 amide bonds. The molecule has 0 aromatic heterocycles. The highest BCUT2D eigenvalue weighted by Gasteiger charge is 2.25. The summed E-state index contributed by atoms with van der Waals surface area (Å²) in [7, 11) is 0. The molecule has 0 aliphatic carbocycles. The highest BCUT2D eigenvalue weighted by Crippen LogP contribution is 2.53. The van der Waals surface area contributed by atoms with E-state index in [2.05, 4.69) is 303 Å². The van der Waals surface area contributed by atoms with E-state index in [4.69, 9.17) is 0 Å². The monoisotopic (exact) mass is 992 g/mol. The van der Waals surface area contributed by atoms with Crippen molar-refractivity contribution in [2.45, 2.75) is 13.8 Å². The first-order valence-corrected chi connectivity index (χ1v) is 27.1. The van der Waals surface area contributed by atoms with E-state index in [1.807, 2.05) is 0 Å². The molecule has 0 saturated heterocycles. The fourth-order valence-corrected chi connectivity index (χ4v) is 12.6. The maximum absolute atomic E-state index is 2.43. The molecular formula is C76H52N2. The molecule has 0 bridgehead atoms. The van der Waals surface area contributed by atoms with Crippen molar-refractivity contribution in [1.82, 2.24) is 0 Å². The molecule has 0 heterocycles. The van der Waals surface area contributed by atoms with Gasteiger partial charge in [-0.15, -0.1) is 0 Å². The highest BCUT2D eigenvalue weighted by molar-refractivity contribution is 6.48. The second-order valence-electron chi connectivity index (χ2n) is 20.9. The van der Waals surface area contributed by atoms with Gasteiger partial charge < -0.3 is 9.80 Å². The Balaban J connectivity index is 0.917. The van der Waals surface area contributed by atoms with Crippen LogP contribution in [0.4, 0.5) is 34.1 Å². The molecule has 0 spiro atoms. The van der Waals surface area contributed by atoms with Crippen LogP contribution < -0.4 is 9.80 Å². The maximum atomic E-state index is 2.43. The van der Waals surface area contributed by atoms with E-state index in [-0.39, 0.29) is 0 Å². The number of hydrogen-bond acceptors (Lipinski definition) is 2. The van der Waals surface area contributed by atoms with Gasteiger partial charge in [-0.05, 0) is 172 Å². The van der Waals surface area contributed by atoms with Crippen LogP contribution in [0.2, 0.25) is 0 Å². The normalized spacial score (nSPS) is 12.1. The molecule has 15 aromatic carbocycles. The van der Waals surface area contributed by atoms with E-state index in [9.17, 15) is 0 Å². The van der Waals surface area contributed by atoms with Crippen LogP contribution in [0.3, 0.4) is 0 Å². The zero-order chi connectivity index (χ0) is 51.8. The topological polar surface area (TPSA) is 6.48 Å². The molecule has 2 nitrogen and oxygen atoms in total. The van der Waals surface area contributed by atoms with Crippen molar-refractivity contribution in [3.8, 4) is 0 Å². The van der Waals surface area contributed by atoms with Crippen molar-refractivity contribution in [3.05, 3.63) is 288 Å². The van der Waals surface area contributed by atoms with Gasteiger partial charge in [-0.3, -0.25) is 0 Å². The number of para-hydroxylation sites is 2. The van der Waals surface area contributed by atoms with E-state index >= 15 is 0 Å². The van der Waals surface area contributed by atoms with Crippen molar-refractivity contribution < 1.29 is 0 Å². The lowest BCUT2D eigenvalue weighted by molar-refractivity contribution is 1.30. The predicted molar refractivity (Wildman–Crippen MR) is 338 cm³/mol. The Hall–Kier alpha value is -10.0. The molecule has 0 aliphatic heterocycles.